The fourth-order valence-corrected chi connectivity index (χ4v) is 3.89. The summed E-state index contributed by atoms with van der Waals surface area (Å²) in [6, 6.07) is 13.5. The lowest BCUT2D eigenvalue weighted by Gasteiger charge is -2.26. The Morgan fingerprint density at radius 1 is 1.11 bits per heavy atom. The van der Waals surface area contributed by atoms with Gasteiger partial charge in [-0.05, 0) is 50.3 Å². The highest BCUT2D eigenvalue weighted by Gasteiger charge is 2.45. The summed E-state index contributed by atoms with van der Waals surface area (Å²) >= 11 is 0. The number of likely N-dealkylation sites (tertiary alicyclic amines) is 1. The monoisotopic (exact) mass is 478 g/mol. The molecule has 1 N–H and O–H groups in total. The maximum absolute atomic E-state index is 13.2. The fourth-order valence-electron chi connectivity index (χ4n) is 3.89. The molecule has 0 aliphatic carbocycles. The number of ketones is 1. The number of nitrogens with zero attached hydrogens (tertiary/aromatic N) is 2. The Balaban J connectivity index is 2.03. The summed E-state index contributed by atoms with van der Waals surface area (Å²) in [6.45, 7) is 7.58. The number of unbranched alkanes of at least 4 members (excludes halogenated alkanes) is 1. The summed E-state index contributed by atoms with van der Waals surface area (Å²) in [4.78, 5) is 29.7. The summed E-state index contributed by atoms with van der Waals surface area (Å²) in [5, 5.41) is 11.3. The average molecular weight is 479 g/mol. The van der Waals surface area contributed by atoms with Crippen LogP contribution in [0.1, 0.15) is 36.9 Å². The van der Waals surface area contributed by atoms with E-state index in [0.29, 0.717) is 48.9 Å². The number of ether oxygens (including phenoxy) is 2. The Bertz CT molecular complexity index is 1080. The molecule has 1 aliphatic heterocycles. The van der Waals surface area contributed by atoms with Crippen molar-refractivity contribution in [2.24, 2.45) is 0 Å². The Morgan fingerprint density at radius 2 is 1.86 bits per heavy atom. The number of aliphatic hydroxyl groups excluding tert-OH is 1. The van der Waals surface area contributed by atoms with Crippen molar-refractivity contribution in [1.82, 2.24) is 9.80 Å². The second kappa shape index (κ2) is 12.2. The molecule has 1 amide bonds. The van der Waals surface area contributed by atoms with E-state index in [-0.39, 0.29) is 11.3 Å². The molecule has 1 atom stereocenters. The van der Waals surface area contributed by atoms with E-state index in [9.17, 15) is 14.7 Å². The van der Waals surface area contributed by atoms with E-state index in [4.69, 9.17) is 9.47 Å². The first-order valence-electron chi connectivity index (χ1n) is 11.9. The van der Waals surface area contributed by atoms with Gasteiger partial charge in [0, 0.05) is 18.7 Å². The van der Waals surface area contributed by atoms with Gasteiger partial charge in [0.1, 0.15) is 23.9 Å². The predicted octanol–water partition coefficient (Wildman–Crippen LogP) is 4.41. The second-order valence-corrected chi connectivity index (χ2v) is 8.69. The van der Waals surface area contributed by atoms with Crippen molar-refractivity contribution in [3.8, 4) is 11.5 Å². The zero-order chi connectivity index (χ0) is 25.4. The Morgan fingerprint density at radius 3 is 2.51 bits per heavy atom. The maximum Gasteiger partial charge on any atom is 0.295 e. The van der Waals surface area contributed by atoms with Gasteiger partial charge < -0.3 is 24.4 Å². The van der Waals surface area contributed by atoms with Gasteiger partial charge in [0.15, 0.2) is 0 Å². The Labute approximate surface area is 207 Å². The molecule has 0 radical (unpaired) electrons. The van der Waals surface area contributed by atoms with E-state index >= 15 is 0 Å². The van der Waals surface area contributed by atoms with Gasteiger partial charge in [-0.15, -0.1) is 0 Å². The van der Waals surface area contributed by atoms with E-state index in [1.807, 2.05) is 37.2 Å². The summed E-state index contributed by atoms with van der Waals surface area (Å²) in [6.07, 6.45) is 3.58. The van der Waals surface area contributed by atoms with Gasteiger partial charge in [-0.1, -0.05) is 50.3 Å². The molecule has 0 bridgehead atoms. The average Bonchev–Trinajstić information content (AvgIpc) is 3.11. The molecule has 0 spiro atoms. The van der Waals surface area contributed by atoms with Crippen LogP contribution < -0.4 is 9.47 Å². The molecule has 7 heteroatoms. The van der Waals surface area contributed by atoms with Crippen molar-refractivity contribution in [3.05, 3.63) is 77.9 Å². The second-order valence-electron chi connectivity index (χ2n) is 8.69. The third kappa shape index (κ3) is 6.31. The van der Waals surface area contributed by atoms with Crippen LogP contribution in [0.2, 0.25) is 0 Å². The van der Waals surface area contributed by atoms with Crippen LogP contribution in [0.15, 0.2) is 66.8 Å². The predicted molar refractivity (Wildman–Crippen MR) is 137 cm³/mol. The third-order valence-corrected chi connectivity index (χ3v) is 5.77. The Hall–Kier alpha value is -3.58. The summed E-state index contributed by atoms with van der Waals surface area (Å²) < 4.78 is 11.3. The van der Waals surface area contributed by atoms with Gasteiger partial charge in [0.2, 0.25) is 0 Å². The molecule has 1 aliphatic rings. The molecule has 35 heavy (non-hydrogen) atoms. The normalized spacial score (nSPS) is 17.1. The number of hydrogen-bond donors (Lipinski definition) is 1. The number of benzene rings is 2. The highest BCUT2D eigenvalue weighted by molar-refractivity contribution is 6.46. The molecular formula is C28H34N2O5. The van der Waals surface area contributed by atoms with Crippen LogP contribution in [0, 0.1) is 0 Å². The topological polar surface area (TPSA) is 79.3 Å². The molecular weight excluding hydrogens is 444 g/mol. The molecule has 2 aromatic carbocycles. The molecule has 1 saturated heterocycles. The van der Waals surface area contributed by atoms with Crippen molar-refractivity contribution < 1.29 is 24.2 Å². The van der Waals surface area contributed by atoms with Crippen LogP contribution in [-0.4, -0.2) is 67.0 Å². The van der Waals surface area contributed by atoms with Crippen molar-refractivity contribution in [3.63, 3.8) is 0 Å². The van der Waals surface area contributed by atoms with E-state index in [1.54, 1.807) is 36.4 Å². The summed E-state index contributed by atoms with van der Waals surface area (Å²) in [5.74, 6) is -0.287. The number of aliphatic hydroxyl groups is 1. The molecule has 1 fully saturated rings. The first kappa shape index (κ1) is 26.0. The van der Waals surface area contributed by atoms with Gasteiger partial charge in [-0.2, -0.15) is 0 Å². The van der Waals surface area contributed by atoms with Crippen molar-refractivity contribution in [1.29, 1.82) is 0 Å². The van der Waals surface area contributed by atoms with Gasteiger partial charge in [0.05, 0.1) is 18.2 Å². The number of amides is 1. The minimum absolute atomic E-state index is 0.0687. The molecule has 186 valence electrons. The van der Waals surface area contributed by atoms with Crippen LogP contribution in [0.4, 0.5) is 0 Å². The number of Topliss-reactive ketones (excluding diaryl/α,β-unsaturated/α-hetero) is 1. The van der Waals surface area contributed by atoms with Gasteiger partial charge in [0.25, 0.3) is 11.7 Å². The van der Waals surface area contributed by atoms with E-state index in [0.717, 1.165) is 12.8 Å². The number of rotatable bonds is 12. The third-order valence-electron chi connectivity index (χ3n) is 5.77. The van der Waals surface area contributed by atoms with E-state index in [1.165, 1.54) is 4.90 Å². The van der Waals surface area contributed by atoms with Gasteiger partial charge in [-0.25, -0.2) is 0 Å². The highest BCUT2D eigenvalue weighted by Crippen LogP contribution is 2.40. The number of carbonyl (C=O) groups excluding carboxylic acids is 2. The minimum Gasteiger partial charge on any atom is -0.507 e. The molecule has 0 saturated carbocycles. The standard InChI is InChI=1S/C28H34N2O5/c1-5-7-18-35-23-10-8-9-21(19-23)26(31)24-25(20-11-13-22(14-12-20)34-17-6-2)30(16-15-29(3)4)28(33)27(24)32/h6,8-14,19,25,31H,2,5,7,15-18H2,1,3-4H3/b26-24+. The fraction of sp³-hybridized carbons (Fsp3) is 0.357. The zero-order valence-corrected chi connectivity index (χ0v) is 20.7. The molecule has 3 rings (SSSR count). The first-order valence-corrected chi connectivity index (χ1v) is 11.9. The molecule has 7 nitrogen and oxygen atoms in total. The minimum atomic E-state index is -0.715. The van der Waals surface area contributed by atoms with Crippen LogP contribution in [0.5, 0.6) is 11.5 Å². The maximum atomic E-state index is 13.2. The first-order chi connectivity index (χ1) is 16.9. The molecule has 0 aromatic heterocycles. The Kier molecular flexibility index (Phi) is 9.09. The lowest BCUT2D eigenvalue weighted by Crippen LogP contribution is -2.35. The number of carbonyl (C=O) groups is 2. The molecule has 1 unspecified atom stereocenters. The summed E-state index contributed by atoms with van der Waals surface area (Å²) in [5.41, 5.74) is 1.21. The van der Waals surface area contributed by atoms with Gasteiger partial charge in [-0.3, -0.25) is 9.59 Å². The van der Waals surface area contributed by atoms with Crippen LogP contribution in [0.25, 0.3) is 5.76 Å². The molecule has 2 aromatic rings. The highest BCUT2D eigenvalue weighted by atomic mass is 16.5. The lowest BCUT2D eigenvalue weighted by atomic mass is 9.95. The smallest absolute Gasteiger partial charge is 0.295 e. The van der Waals surface area contributed by atoms with Crippen molar-refractivity contribution >= 4 is 17.4 Å². The van der Waals surface area contributed by atoms with E-state index < -0.39 is 17.7 Å². The van der Waals surface area contributed by atoms with Crippen molar-refractivity contribution in [2.45, 2.75) is 25.8 Å². The largest absolute Gasteiger partial charge is 0.507 e. The quantitative estimate of drug-likeness (QED) is 0.160. The molecule has 1 heterocycles. The summed E-state index contributed by atoms with van der Waals surface area (Å²) in [7, 11) is 3.81. The lowest BCUT2D eigenvalue weighted by molar-refractivity contribution is -0.140. The van der Waals surface area contributed by atoms with E-state index in [2.05, 4.69) is 13.5 Å². The SMILES string of the molecule is C=CCOc1ccc(C2/C(=C(\O)c3cccc(OCCCC)c3)C(=O)C(=O)N2CCN(C)C)cc1. The number of likely N-dealkylation sites (N-methyl/N-ethyl adjacent to an activating group) is 1. The van der Waals surface area contributed by atoms with Crippen LogP contribution in [-0.2, 0) is 9.59 Å². The number of hydrogen-bond acceptors (Lipinski definition) is 6. The zero-order valence-electron chi connectivity index (χ0n) is 20.7. The van der Waals surface area contributed by atoms with Gasteiger partial charge >= 0.3 is 0 Å². The van der Waals surface area contributed by atoms with Crippen LogP contribution in [0.3, 0.4) is 0 Å². The van der Waals surface area contributed by atoms with Crippen molar-refractivity contribution in [2.75, 3.05) is 40.4 Å². The van der Waals surface area contributed by atoms with Crippen LogP contribution >= 0.6 is 0 Å².